The number of nitrogens with zero attached hydrogens (tertiary/aromatic N) is 1. The zero-order valence-corrected chi connectivity index (χ0v) is 11.8. The molecule has 0 atom stereocenters. The lowest BCUT2D eigenvalue weighted by Crippen LogP contribution is -2.31. The van der Waals surface area contributed by atoms with Crippen molar-refractivity contribution in [3.8, 4) is 0 Å². The zero-order chi connectivity index (χ0) is 14.0. The topological polar surface area (TPSA) is 15.3 Å². The second kappa shape index (κ2) is 5.87. The van der Waals surface area contributed by atoms with Gasteiger partial charge in [0.05, 0.1) is 0 Å². The first-order valence-electron chi connectivity index (χ1n) is 6.92. The molecule has 2 rings (SSSR count). The van der Waals surface area contributed by atoms with Crippen molar-refractivity contribution < 1.29 is 8.78 Å². The van der Waals surface area contributed by atoms with E-state index in [2.05, 4.69) is 19.2 Å². The second-order valence-electron chi connectivity index (χ2n) is 5.72. The lowest BCUT2D eigenvalue weighted by atomic mass is 10.1. The van der Waals surface area contributed by atoms with Crippen LogP contribution in [0.15, 0.2) is 12.1 Å². The number of rotatable bonds is 6. The molecule has 0 aromatic heterocycles. The van der Waals surface area contributed by atoms with Crippen LogP contribution in [0, 0.1) is 17.6 Å². The van der Waals surface area contributed by atoms with Crippen LogP contribution in [0.2, 0.25) is 0 Å². The van der Waals surface area contributed by atoms with Gasteiger partial charge < -0.3 is 10.2 Å². The average molecular weight is 268 g/mol. The molecule has 1 N–H and O–H groups in total. The molecule has 1 aromatic carbocycles. The van der Waals surface area contributed by atoms with E-state index in [1.807, 2.05) is 4.90 Å². The van der Waals surface area contributed by atoms with Crippen LogP contribution < -0.4 is 10.2 Å². The van der Waals surface area contributed by atoms with E-state index in [9.17, 15) is 8.78 Å². The Morgan fingerprint density at radius 1 is 1.26 bits per heavy atom. The molecule has 1 fully saturated rings. The quantitative estimate of drug-likeness (QED) is 0.851. The van der Waals surface area contributed by atoms with Crippen molar-refractivity contribution in [2.75, 3.05) is 18.5 Å². The Hall–Kier alpha value is -1.16. The highest BCUT2D eigenvalue weighted by atomic mass is 19.1. The molecule has 0 spiro atoms. The Labute approximate surface area is 113 Å². The van der Waals surface area contributed by atoms with E-state index >= 15 is 0 Å². The average Bonchev–Trinajstić information content (AvgIpc) is 3.10. The standard InChI is InChI=1S/C15H22F2N2/c1-10(2)9-19(12-4-5-12)15-13(16)6-11(8-18-3)7-14(15)17/h6-7,10,12,18H,4-5,8-9H2,1-3H3. The number of benzene rings is 1. The van der Waals surface area contributed by atoms with Crippen molar-refractivity contribution in [1.82, 2.24) is 5.32 Å². The van der Waals surface area contributed by atoms with E-state index < -0.39 is 11.6 Å². The molecule has 4 heteroatoms. The second-order valence-corrected chi connectivity index (χ2v) is 5.72. The van der Waals surface area contributed by atoms with Gasteiger partial charge in [0.15, 0.2) is 0 Å². The third-order valence-electron chi connectivity index (χ3n) is 3.29. The van der Waals surface area contributed by atoms with Gasteiger partial charge in [0.25, 0.3) is 0 Å². The van der Waals surface area contributed by atoms with Crippen LogP contribution in [0.3, 0.4) is 0 Å². The fraction of sp³-hybridized carbons (Fsp3) is 0.600. The van der Waals surface area contributed by atoms with E-state index in [4.69, 9.17) is 0 Å². The Kier molecular flexibility index (Phi) is 4.40. The molecule has 2 nitrogen and oxygen atoms in total. The summed E-state index contributed by atoms with van der Waals surface area (Å²) in [5.41, 5.74) is 0.789. The van der Waals surface area contributed by atoms with Crippen LogP contribution >= 0.6 is 0 Å². The maximum Gasteiger partial charge on any atom is 0.149 e. The van der Waals surface area contributed by atoms with Gasteiger partial charge in [-0.25, -0.2) is 8.78 Å². The van der Waals surface area contributed by atoms with Gasteiger partial charge in [-0.15, -0.1) is 0 Å². The molecule has 1 saturated carbocycles. The van der Waals surface area contributed by atoms with Crippen LogP contribution in [0.4, 0.5) is 14.5 Å². The minimum Gasteiger partial charge on any atom is -0.364 e. The van der Waals surface area contributed by atoms with Gasteiger partial charge in [0, 0.05) is 19.1 Å². The summed E-state index contributed by atoms with van der Waals surface area (Å²) in [6.07, 6.45) is 2.06. The molecular formula is C15H22F2N2. The lowest BCUT2D eigenvalue weighted by Gasteiger charge is -2.27. The Morgan fingerprint density at radius 3 is 2.26 bits per heavy atom. The summed E-state index contributed by atoms with van der Waals surface area (Å²) < 4.78 is 28.4. The van der Waals surface area contributed by atoms with Gasteiger partial charge in [0.2, 0.25) is 0 Å². The zero-order valence-electron chi connectivity index (χ0n) is 11.8. The number of halogens is 2. The van der Waals surface area contributed by atoms with E-state index in [1.54, 1.807) is 7.05 Å². The molecule has 0 saturated heterocycles. The molecule has 0 bridgehead atoms. The maximum atomic E-state index is 14.2. The fourth-order valence-corrected chi connectivity index (χ4v) is 2.40. The van der Waals surface area contributed by atoms with Gasteiger partial charge in [-0.05, 0) is 43.5 Å². The number of hydrogen-bond donors (Lipinski definition) is 1. The molecule has 0 heterocycles. The third-order valence-corrected chi connectivity index (χ3v) is 3.29. The van der Waals surface area contributed by atoms with Crippen LogP contribution in [0.1, 0.15) is 32.3 Å². The Bertz CT molecular complexity index is 419. The maximum absolute atomic E-state index is 14.2. The van der Waals surface area contributed by atoms with E-state index in [0.717, 1.165) is 12.8 Å². The van der Waals surface area contributed by atoms with Crippen LogP contribution in [0.5, 0.6) is 0 Å². The van der Waals surface area contributed by atoms with E-state index in [0.29, 0.717) is 30.6 Å². The predicted molar refractivity (Wildman–Crippen MR) is 74.3 cm³/mol. The molecule has 1 aliphatic rings. The molecule has 1 aliphatic carbocycles. The summed E-state index contributed by atoms with van der Waals surface area (Å²) in [4.78, 5) is 1.90. The SMILES string of the molecule is CNCc1cc(F)c(N(CC(C)C)C2CC2)c(F)c1. The smallest absolute Gasteiger partial charge is 0.149 e. The van der Waals surface area contributed by atoms with Crippen LogP contribution in [0.25, 0.3) is 0 Å². The minimum absolute atomic E-state index is 0.149. The summed E-state index contributed by atoms with van der Waals surface area (Å²) in [6.45, 7) is 5.31. The molecule has 1 aromatic rings. The summed E-state index contributed by atoms with van der Waals surface area (Å²) >= 11 is 0. The summed E-state index contributed by atoms with van der Waals surface area (Å²) in [6, 6.07) is 3.18. The van der Waals surface area contributed by atoms with Crippen LogP contribution in [-0.2, 0) is 6.54 Å². The molecule has 0 amide bonds. The summed E-state index contributed by atoms with van der Waals surface area (Å²) in [7, 11) is 1.76. The largest absolute Gasteiger partial charge is 0.364 e. The molecule has 0 aliphatic heterocycles. The van der Waals surface area contributed by atoms with E-state index in [-0.39, 0.29) is 5.69 Å². The highest BCUT2D eigenvalue weighted by Gasteiger charge is 2.32. The predicted octanol–water partition coefficient (Wildman–Crippen LogP) is 3.31. The molecule has 19 heavy (non-hydrogen) atoms. The fourth-order valence-electron chi connectivity index (χ4n) is 2.40. The molecule has 0 unspecified atom stereocenters. The third kappa shape index (κ3) is 3.44. The van der Waals surface area contributed by atoms with Gasteiger partial charge in [-0.2, -0.15) is 0 Å². The highest BCUT2D eigenvalue weighted by molar-refractivity contribution is 5.52. The van der Waals surface area contributed by atoms with Gasteiger partial charge >= 0.3 is 0 Å². The van der Waals surface area contributed by atoms with Gasteiger partial charge in [-0.1, -0.05) is 13.8 Å². The Morgan fingerprint density at radius 2 is 1.84 bits per heavy atom. The molecular weight excluding hydrogens is 246 g/mol. The van der Waals surface area contributed by atoms with Crippen molar-refractivity contribution in [3.63, 3.8) is 0 Å². The number of nitrogens with one attached hydrogen (secondary N) is 1. The Balaban J connectivity index is 2.31. The monoisotopic (exact) mass is 268 g/mol. The van der Waals surface area contributed by atoms with Crippen molar-refractivity contribution in [2.45, 2.75) is 39.3 Å². The number of hydrogen-bond acceptors (Lipinski definition) is 2. The summed E-state index contributed by atoms with van der Waals surface area (Å²) in [5, 5.41) is 2.91. The van der Waals surface area contributed by atoms with E-state index in [1.165, 1.54) is 12.1 Å². The van der Waals surface area contributed by atoms with Crippen molar-refractivity contribution in [1.29, 1.82) is 0 Å². The molecule has 0 radical (unpaired) electrons. The summed E-state index contributed by atoms with van der Waals surface area (Å²) in [5.74, 6) is -0.507. The lowest BCUT2D eigenvalue weighted by molar-refractivity contribution is 0.542. The normalized spacial score (nSPS) is 15.1. The first-order chi connectivity index (χ1) is 9.02. The number of anilines is 1. The van der Waals surface area contributed by atoms with Crippen molar-refractivity contribution in [3.05, 3.63) is 29.3 Å². The van der Waals surface area contributed by atoms with Crippen LogP contribution in [-0.4, -0.2) is 19.6 Å². The highest BCUT2D eigenvalue weighted by Crippen LogP contribution is 2.35. The van der Waals surface area contributed by atoms with Gasteiger partial charge in [-0.3, -0.25) is 0 Å². The minimum atomic E-state index is -0.446. The molecule has 106 valence electrons. The van der Waals surface area contributed by atoms with Crippen molar-refractivity contribution in [2.24, 2.45) is 5.92 Å². The van der Waals surface area contributed by atoms with Crippen molar-refractivity contribution >= 4 is 5.69 Å². The first-order valence-corrected chi connectivity index (χ1v) is 6.92. The van der Waals surface area contributed by atoms with Gasteiger partial charge in [0.1, 0.15) is 17.3 Å². The first kappa shape index (κ1) is 14.3.